The summed E-state index contributed by atoms with van der Waals surface area (Å²) in [5.74, 6) is -3.28. The Balaban J connectivity index is 2.29. The predicted molar refractivity (Wildman–Crippen MR) is 183 cm³/mol. The van der Waals surface area contributed by atoms with E-state index in [1.807, 2.05) is 0 Å². The number of aliphatic hydroxyl groups excluding tert-OH is 1. The lowest BCUT2D eigenvalue weighted by Crippen LogP contribution is -2.61. The molecule has 4 atom stereocenters. The van der Waals surface area contributed by atoms with Crippen molar-refractivity contribution in [1.29, 1.82) is 0 Å². The van der Waals surface area contributed by atoms with Crippen molar-refractivity contribution in [3.63, 3.8) is 0 Å². The van der Waals surface area contributed by atoms with E-state index in [1.54, 1.807) is 41.5 Å². The van der Waals surface area contributed by atoms with Crippen LogP contribution in [-0.2, 0) is 33.4 Å². The number of hydrogen-bond donors (Lipinski definition) is 4. The SMILES string of the molecule is COC(=O)C(O)[C@H](CCCCNC(=O)OC(C)(C)C)NC(=O)[C@@H]1CCCCN1C(=O)[C@@H](CC1CCCCC1)N(CC(=O)O)C(=O)OC(C)(C)C. The van der Waals surface area contributed by atoms with Crippen LogP contribution in [0, 0.1) is 5.92 Å². The highest BCUT2D eigenvalue weighted by Gasteiger charge is 2.43. The first-order chi connectivity index (χ1) is 23.3. The van der Waals surface area contributed by atoms with Crippen molar-refractivity contribution >= 4 is 35.9 Å². The van der Waals surface area contributed by atoms with Gasteiger partial charge in [-0.05, 0) is 92.4 Å². The number of carbonyl (C=O) groups excluding carboxylic acids is 5. The summed E-state index contributed by atoms with van der Waals surface area (Å²) >= 11 is 0. The highest BCUT2D eigenvalue weighted by molar-refractivity contribution is 5.92. The van der Waals surface area contributed by atoms with E-state index < -0.39 is 77.9 Å². The minimum Gasteiger partial charge on any atom is -0.480 e. The molecule has 0 aromatic carbocycles. The highest BCUT2D eigenvalue weighted by Crippen LogP contribution is 2.31. The zero-order chi connectivity index (χ0) is 37.6. The van der Waals surface area contributed by atoms with Gasteiger partial charge in [-0.25, -0.2) is 14.4 Å². The van der Waals surface area contributed by atoms with Crippen LogP contribution in [-0.4, -0.2) is 118 Å². The predicted octanol–water partition coefficient (Wildman–Crippen LogP) is 3.74. The molecule has 1 aliphatic carbocycles. The van der Waals surface area contributed by atoms with Gasteiger partial charge in [-0.3, -0.25) is 19.3 Å². The number of hydrogen-bond acceptors (Lipinski definition) is 10. The molecule has 2 aliphatic rings. The Labute approximate surface area is 296 Å². The fourth-order valence-corrected chi connectivity index (χ4v) is 6.39. The number of methoxy groups -OCH3 is 1. The summed E-state index contributed by atoms with van der Waals surface area (Å²) in [6.45, 7) is 9.93. The van der Waals surface area contributed by atoms with E-state index in [-0.39, 0.29) is 31.8 Å². The molecule has 15 nitrogen and oxygen atoms in total. The molecule has 15 heteroatoms. The lowest BCUT2D eigenvalue weighted by molar-refractivity contribution is -0.154. The number of ether oxygens (including phenoxy) is 3. The number of nitrogens with zero attached hydrogens (tertiary/aromatic N) is 2. The number of esters is 1. The van der Waals surface area contributed by atoms with E-state index in [0.717, 1.165) is 44.1 Å². The second-order valence-corrected chi connectivity index (χ2v) is 15.3. The number of amides is 4. The van der Waals surface area contributed by atoms with Crippen LogP contribution in [0.4, 0.5) is 9.59 Å². The van der Waals surface area contributed by atoms with Gasteiger partial charge < -0.3 is 40.0 Å². The molecule has 1 heterocycles. The molecule has 4 N–H and O–H groups in total. The number of nitrogens with one attached hydrogen (secondary N) is 2. The van der Waals surface area contributed by atoms with Gasteiger partial charge in [0.05, 0.1) is 13.2 Å². The first-order valence-corrected chi connectivity index (χ1v) is 17.9. The van der Waals surface area contributed by atoms with Crippen molar-refractivity contribution in [3.8, 4) is 0 Å². The molecule has 1 unspecified atom stereocenters. The number of carbonyl (C=O) groups is 6. The molecule has 0 aromatic rings. The summed E-state index contributed by atoms with van der Waals surface area (Å²) in [6.07, 6.45) is 4.25. The Bertz CT molecular complexity index is 1160. The average Bonchev–Trinajstić information content (AvgIpc) is 3.03. The van der Waals surface area contributed by atoms with Crippen LogP contribution in [0.2, 0.25) is 0 Å². The van der Waals surface area contributed by atoms with Crippen LogP contribution in [0.25, 0.3) is 0 Å². The monoisotopic (exact) mass is 712 g/mol. The number of unbranched alkanes of at least 4 members (excludes halogenated alkanes) is 1. The number of rotatable bonds is 15. The Hall–Kier alpha value is -3.62. The molecular formula is C35H60N4O11. The molecule has 0 spiro atoms. The normalized spacial score (nSPS) is 19.0. The maximum Gasteiger partial charge on any atom is 0.411 e. The Morgan fingerprint density at radius 2 is 1.50 bits per heavy atom. The number of alkyl carbamates (subject to hydrolysis) is 1. The minimum absolute atomic E-state index is 0.0814. The lowest BCUT2D eigenvalue weighted by Gasteiger charge is -2.41. The maximum absolute atomic E-state index is 14.5. The standard InChI is InChI=1S/C35H60N4O11/c1-34(2,3)49-32(46)36-19-13-11-17-24(28(42)31(45)48-7)37-29(43)25-18-12-14-20-38(25)30(44)26(21-23-15-9-8-10-16-23)39(22-27(40)41)33(47)50-35(4,5)6/h23-26,28,42H,8-22H2,1-7H3,(H,36,46)(H,37,43)(H,40,41)/t24-,25-,26+,28?/m0/s1. The van der Waals surface area contributed by atoms with E-state index in [9.17, 15) is 39.0 Å². The van der Waals surface area contributed by atoms with Gasteiger partial charge in [0.1, 0.15) is 29.8 Å². The number of aliphatic carboxylic acids is 1. The zero-order valence-corrected chi connectivity index (χ0v) is 31.0. The molecule has 1 saturated heterocycles. The van der Waals surface area contributed by atoms with Crippen LogP contribution in [0.1, 0.15) is 119 Å². The number of likely N-dealkylation sites (tertiary alicyclic amines) is 1. The minimum atomic E-state index is -1.69. The largest absolute Gasteiger partial charge is 0.480 e. The Morgan fingerprint density at radius 1 is 0.880 bits per heavy atom. The van der Waals surface area contributed by atoms with Gasteiger partial charge in [0.25, 0.3) is 0 Å². The first-order valence-electron chi connectivity index (χ1n) is 17.9. The Kier molecular flexibility index (Phi) is 16.8. The van der Waals surface area contributed by atoms with Crippen LogP contribution < -0.4 is 10.6 Å². The average molecular weight is 713 g/mol. The van der Waals surface area contributed by atoms with Gasteiger partial charge in [0.2, 0.25) is 11.8 Å². The molecule has 286 valence electrons. The van der Waals surface area contributed by atoms with Gasteiger partial charge in [-0.2, -0.15) is 0 Å². The molecular weight excluding hydrogens is 652 g/mol. The van der Waals surface area contributed by atoms with E-state index in [4.69, 9.17) is 14.2 Å². The van der Waals surface area contributed by atoms with Crippen molar-refractivity contribution in [3.05, 3.63) is 0 Å². The summed E-state index contributed by atoms with van der Waals surface area (Å²) in [6, 6.07) is -3.22. The molecule has 0 aromatic heterocycles. The maximum atomic E-state index is 14.5. The third-order valence-corrected chi connectivity index (χ3v) is 8.73. The smallest absolute Gasteiger partial charge is 0.411 e. The topological polar surface area (TPSA) is 201 Å². The lowest BCUT2D eigenvalue weighted by atomic mass is 9.84. The van der Waals surface area contributed by atoms with Gasteiger partial charge >= 0.3 is 24.1 Å². The van der Waals surface area contributed by atoms with Gasteiger partial charge in [-0.1, -0.05) is 32.1 Å². The molecule has 50 heavy (non-hydrogen) atoms. The third kappa shape index (κ3) is 14.7. The first kappa shape index (κ1) is 42.5. The molecule has 2 rings (SSSR count). The van der Waals surface area contributed by atoms with Gasteiger partial charge in [-0.15, -0.1) is 0 Å². The molecule has 2 fully saturated rings. The molecule has 0 bridgehead atoms. The highest BCUT2D eigenvalue weighted by atomic mass is 16.6. The summed E-state index contributed by atoms with van der Waals surface area (Å²) in [5.41, 5.74) is -1.60. The quantitative estimate of drug-likeness (QED) is 0.110. The number of carboxylic acid groups (broad SMARTS) is 1. The van der Waals surface area contributed by atoms with Crippen molar-refractivity contribution in [2.45, 2.75) is 154 Å². The second-order valence-electron chi connectivity index (χ2n) is 15.3. The molecule has 0 radical (unpaired) electrons. The van der Waals surface area contributed by atoms with E-state index in [2.05, 4.69) is 10.6 Å². The van der Waals surface area contributed by atoms with Crippen molar-refractivity contribution in [1.82, 2.24) is 20.4 Å². The molecule has 1 aliphatic heterocycles. The fourth-order valence-electron chi connectivity index (χ4n) is 6.39. The van der Waals surface area contributed by atoms with Crippen LogP contribution in [0.5, 0.6) is 0 Å². The number of piperidine rings is 1. The summed E-state index contributed by atoms with van der Waals surface area (Å²) in [4.78, 5) is 80.5. The van der Waals surface area contributed by atoms with Crippen LogP contribution in [0.15, 0.2) is 0 Å². The summed E-state index contributed by atoms with van der Waals surface area (Å²) < 4.78 is 15.5. The van der Waals surface area contributed by atoms with E-state index in [1.165, 1.54) is 4.90 Å². The third-order valence-electron chi connectivity index (χ3n) is 8.73. The van der Waals surface area contributed by atoms with Crippen molar-refractivity contribution < 1.29 is 53.2 Å². The number of aliphatic hydroxyl groups is 1. The van der Waals surface area contributed by atoms with Gasteiger partial charge in [0, 0.05) is 13.1 Å². The molecule has 4 amide bonds. The second kappa shape index (κ2) is 19.7. The van der Waals surface area contributed by atoms with Crippen molar-refractivity contribution in [2.24, 2.45) is 5.92 Å². The summed E-state index contributed by atoms with van der Waals surface area (Å²) in [7, 11) is 1.12. The van der Waals surface area contributed by atoms with Crippen molar-refractivity contribution in [2.75, 3.05) is 26.7 Å². The van der Waals surface area contributed by atoms with E-state index in [0.29, 0.717) is 32.1 Å². The molecule has 1 saturated carbocycles. The van der Waals surface area contributed by atoms with E-state index >= 15 is 0 Å². The van der Waals surface area contributed by atoms with Crippen LogP contribution >= 0.6 is 0 Å². The van der Waals surface area contributed by atoms with Crippen LogP contribution in [0.3, 0.4) is 0 Å². The summed E-state index contributed by atoms with van der Waals surface area (Å²) in [5, 5.41) is 26.0. The Morgan fingerprint density at radius 3 is 2.08 bits per heavy atom. The number of carboxylic acids is 1. The van der Waals surface area contributed by atoms with Gasteiger partial charge in [0.15, 0.2) is 6.10 Å². The fraction of sp³-hybridized carbons (Fsp3) is 0.829. The zero-order valence-electron chi connectivity index (χ0n) is 31.0.